The fraction of sp³-hybridized carbons (Fsp3) is 0.900. The van der Waals surface area contributed by atoms with Crippen LogP contribution in [0.4, 0.5) is 0 Å². The number of rotatable bonds is 2. The van der Waals surface area contributed by atoms with Crippen LogP contribution in [0.1, 0.15) is 99.3 Å². The van der Waals surface area contributed by atoms with E-state index >= 15 is 0 Å². The zero-order valence-corrected chi connectivity index (χ0v) is 22.7. The molecule has 5 aliphatic rings. The summed E-state index contributed by atoms with van der Waals surface area (Å²) < 4.78 is 0. The standard InChI is InChI=1S/C30H48O5/c1-25(2)13-15-30(24(34)35)16-14-28(5)18(22(30)23(25)33)7-8-20-26(3)11-10-21(32)27(4,17-31)19(26)9-12-29(20,28)6/h7,19-23,31-33H,8-17H2,1-6H3,(H,34,35)/t19-,20-,21-,22-,23+,26+,27-,28-,29-,30+/m1/s1. The van der Waals surface area contributed by atoms with Crippen molar-refractivity contribution in [3.63, 3.8) is 0 Å². The highest BCUT2D eigenvalue weighted by atomic mass is 16.4. The Labute approximate surface area is 211 Å². The van der Waals surface area contributed by atoms with Crippen molar-refractivity contribution < 1.29 is 25.2 Å². The summed E-state index contributed by atoms with van der Waals surface area (Å²) in [6, 6.07) is 0. The van der Waals surface area contributed by atoms with Gasteiger partial charge in [-0.3, -0.25) is 4.79 Å². The van der Waals surface area contributed by atoms with E-state index in [4.69, 9.17) is 0 Å². The molecular weight excluding hydrogens is 440 g/mol. The number of hydrogen-bond donors (Lipinski definition) is 4. The quantitative estimate of drug-likeness (QED) is 0.402. The van der Waals surface area contributed by atoms with E-state index in [1.54, 1.807) is 0 Å². The first-order valence-corrected chi connectivity index (χ1v) is 14.0. The van der Waals surface area contributed by atoms with Crippen LogP contribution in [0.25, 0.3) is 0 Å². The van der Waals surface area contributed by atoms with Crippen molar-refractivity contribution >= 4 is 5.97 Å². The predicted molar refractivity (Wildman–Crippen MR) is 135 cm³/mol. The van der Waals surface area contributed by atoms with E-state index in [1.165, 1.54) is 5.57 Å². The summed E-state index contributed by atoms with van der Waals surface area (Å²) in [5, 5.41) is 43.5. The molecule has 0 radical (unpaired) electrons. The number of carbonyl (C=O) groups is 1. The Morgan fingerprint density at radius 3 is 2.20 bits per heavy atom. The highest BCUT2D eigenvalue weighted by Gasteiger charge is 2.70. The van der Waals surface area contributed by atoms with Gasteiger partial charge in [-0.2, -0.15) is 0 Å². The second kappa shape index (κ2) is 7.57. The van der Waals surface area contributed by atoms with Crippen molar-refractivity contribution in [1.29, 1.82) is 0 Å². The van der Waals surface area contributed by atoms with Crippen LogP contribution >= 0.6 is 0 Å². The molecule has 198 valence electrons. The number of aliphatic hydroxyl groups excluding tert-OH is 3. The molecule has 0 aliphatic heterocycles. The number of fused-ring (bicyclic) bond motifs is 7. The molecule has 0 bridgehead atoms. The van der Waals surface area contributed by atoms with Crippen molar-refractivity contribution in [1.82, 2.24) is 0 Å². The molecule has 4 fully saturated rings. The molecule has 0 aromatic rings. The molecule has 0 amide bonds. The molecule has 5 rings (SSSR count). The summed E-state index contributed by atoms with van der Waals surface area (Å²) in [4.78, 5) is 12.8. The van der Waals surface area contributed by atoms with Crippen LogP contribution in [-0.4, -0.2) is 45.2 Å². The fourth-order valence-corrected chi connectivity index (χ4v) is 10.6. The van der Waals surface area contributed by atoms with Crippen LogP contribution in [-0.2, 0) is 4.79 Å². The zero-order valence-electron chi connectivity index (χ0n) is 22.7. The Kier molecular flexibility index (Phi) is 5.56. The zero-order chi connectivity index (χ0) is 25.8. The lowest BCUT2D eigenvalue weighted by atomic mass is 9.33. The Morgan fingerprint density at radius 1 is 0.914 bits per heavy atom. The largest absolute Gasteiger partial charge is 0.481 e. The highest BCUT2D eigenvalue weighted by Crippen LogP contribution is 2.75. The second-order valence-corrected chi connectivity index (χ2v) is 14.9. The summed E-state index contributed by atoms with van der Waals surface area (Å²) in [6.07, 6.45) is 8.65. The summed E-state index contributed by atoms with van der Waals surface area (Å²) in [6.45, 7) is 13.5. The van der Waals surface area contributed by atoms with Crippen molar-refractivity contribution in [2.45, 2.75) is 112 Å². The number of allylic oxidation sites excluding steroid dienone is 1. The Balaban J connectivity index is 1.62. The van der Waals surface area contributed by atoms with Gasteiger partial charge in [-0.1, -0.05) is 53.2 Å². The molecule has 5 heteroatoms. The lowest BCUT2D eigenvalue weighted by Gasteiger charge is -2.71. The summed E-state index contributed by atoms with van der Waals surface area (Å²) in [7, 11) is 0. The van der Waals surface area contributed by atoms with E-state index in [2.05, 4.69) is 47.6 Å². The van der Waals surface area contributed by atoms with E-state index in [-0.39, 0.29) is 40.1 Å². The minimum absolute atomic E-state index is 0.00698. The molecule has 4 N–H and O–H groups in total. The van der Waals surface area contributed by atoms with Crippen molar-refractivity contribution in [2.75, 3.05) is 6.61 Å². The van der Waals surface area contributed by atoms with E-state index in [0.29, 0.717) is 18.8 Å². The molecule has 35 heavy (non-hydrogen) atoms. The number of carboxylic acids is 1. The molecular formula is C30H48O5. The Hall–Kier alpha value is -0.910. The SMILES string of the molecule is CC1(C)CC[C@]2(C(=O)O)CC[C@]3(C)C(=CC[C@@H]4[C@@]5(C)CC[C@@H](O)[C@](C)(CO)[C@@H]5CC[C@]43C)[C@@H]2[C@@H]1O. The molecule has 4 saturated carbocycles. The van der Waals surface area contributed by atoms with Crippen LogP contribution in [0.15, 0.2) is 11.6 Å². The van der Waals surface area contributed by atoms with Crippen LogP contribution in [0.3, 0.4) is 0 Å². The van der Waals surface area contributed by atoms with Crippen molar-refractivity contribution in [2.24, 2.45) is 50.2 Å². The van der Waals surface area contributed by atoms with Gasteiger partial charge >= 0.3 is 5.97 Å². The van der Waals surface area contributed by atoms with Crippen LogP contribution in [0.5, 0.6) is 0 Å². The first-order chi connectivity index (χ1) is 16.1. The third-order valence-corrected chi connectivity index (χ3v) is 13.4. The Bertz CT molecular complexity index is 941. The van der Waals surface area contributed by atoms with Gasteiger partial charge in [0.25, 0.3) is 0 Å². The molecule has 0 aromatic heterocycles. The van der Waals surface area contributed by atoms with Gasteiger partial charge in [-0.05, 0) is 91.3 Å². The van der Waals surface area contributed by atoms with E-state index in [9.17, 15) is 25.2 Å². The van der Waals surface area contributed by atoms with Gasteiger partial charge in [0.15, 0.2) is 0 Å². The maximum absolute atomic E-state index is 12.8. The van der Waals surface area contributed by atoms with Gasteiger partial charge in [0.2, 0.25) is 0 Å². The van der Waals surface area contributed by atoms with Gasteiger partial charge in [0, 0.05) is 11.3 Å². The average Bonchev–Trinajstić information content (AvgIpc) is 2.79. The molecule has 5 aliphatic carbocycles. The molecule has 0 heterocycles. The van der Waals surface area contributed by atoms with E-state index in [1.807, 2.05) is 0 Å². The molecule has 0 unspecified atom stereocenters. The lowest BCUT2D eigenvalue weighted by Crippen LogP contribution is -2.67. The molecule has 5 nitrogen and oxygen atoms in total. The molecule has 0 saturated heterocycles. The maximum Gasteiger partial charge on any atom is 0.310 e. The highest BCUT2D eigenvalue weighted by molar-refractivity contribution is 5.77. The smallest absolute Gasteiger partial charge is 0.310 e. The topological polar surface area (TPSA) is 98.0 Å². The summed E-state index contributed by atoms with van der Waals surface area (Å²) in [5.41, 5.74) is -0.579. The minimum atomic E-state index is -0.866. The van der Waals surface area contributed by atoms with Gasteiger partial charge in [-0.15, -0.1) is 0 Å². The predicted octanol–water partition coefficient (Wildman–Crippen LogP) is 5.18. The number of aliphatic carboxylic acids is 1. The Morgan fingerprint density at radius 2 is 1.57 bits per heavy atom. The van der Waals surface area contributed by atoms with Gasteiger partial charge in [-0.25, -0.2) is 0 Å². The van der Waals surface area contributed by atoms with Crippen LogP contribution < -0.4 is 0 Å². The summed E-state index contributed by atoms with van der Waals surface area (Å²) >= 11 is 0. The number of carboxylic acid groups (broad SMARTS) is 1. The van der Waals surface area contributed by atoms with Crippen LogP contribution in [0.2, 0.25) is 0 Å². The van der Waals surface area contributed by atoms with Crippen molar-refractivity contribution in [3.05, 3.63) is 11.6 Å². The second-order valence-electron chi connectivity index (χ2n) is 14.9. The first-order valence-electron chi connectivity index (χ1n) is 14.0. The van der Waals surface area contributed by atoms with Gasteiger partial charge in [0.05, 0.1) is 24.2 Å². The lowest BCUT2D eigenvalue weighted by molar-refractivity contribution is -0.221. The van der Waals surface area contributed by atoms with E-state index < -0.39 is 29.0 Å². The fourth-order valence-electron chi connectivity index (χ4n) is 10.6. The molecule has 0 spiro atoms. The monoisotopic (exact) mass is 488 g/mol. The average molecular weight is 489 g/mol. The molecule has 10 atom stereocenters. The third-order valence-electron chi connectivity index (χ3n) is 13.4. The molecule has 0 aromatic carbocycles. The normalized spacial score (nSPS) is 55.0. The minimum Gasteiger partial charge on any atom is -0.481 e. The third kappa shape index (κ3) is 2.95. The number of hydrogen-bond acceptors (Lipinski definition) is 4. The van der Waals surface area contributed by atoms with Gasteiger partial charge in [0.1, 0.15) is 0 Å². The van der Waals surface area contributed by atoms with Crippen molar-refractivity contribution in [3.8, 4) is 0 Å². The maximum atomic E-state index is 12.8. The van der Waals surface area contributed by atoms with Crippen LogP contribution in [0, 0.1) is 50.2 Å². The first kappa shape index (κ1) is 25.7. The number of aliphatic hydroxyl groups is 3. The van der Waals surface area contributed by atoms with Gasteiger partial charge < -0.3 is 20.4 Å². The van der Waals surface area contributed by atoms with E-state index in [0.717, 1.165) is 44.9 Å². The summed E-state index contributed by atoms with van der Waals surface area (Å²) in [5.74, 6) is -0.391.